The predicted molar refractivity (Wildman–Crippen MR) is 111 cm³/mol. The Balaban J connectivity index is 1.43. The first-order valence-corrected chi connectivity index (χ1v) is 11.8. The number of thiazole rings is 1. The second-order valence-electron chi connectivity index (χ2n) is 7.21. The lowest BCUT2D eigenvalue weighted by Gasteiger charge is -2.16. The van der Waals surface area contributed by atoms with Gasteiger partial charge in [0.05, 0.1) is 21.0 Å². The second kappa shape index (κ2) is 7.77. The summed E-state index contributed by atoms with van der Waals surface area (Å²) in [6, 6.07) is 10.5. The third-order valence-corrected chi connectivity index (χ3v) is 6.93. The van der Waals surface area contributed by atoms with Gasteiger partial charge in [-0.15, -0.1) is 0 Å². The van der Waals surface area contributed by atoms with Gasteiger partial charge in [0.1, 0.15) is 5.82 Å². The van der Waals surface area contributed by atoms with Crippen molar-refractivity contribution in [2.45, 2.75) is 17.9 Å². The minimum atomic E-state index is -3.33. The maximum Gasteiger partial charge on any atom is 0.231 e. The molecule has 30 heavy (non-hydrogen) atoms. The van der Waals surface area contributed by atoms with Crippen LogP contribution in [-0.4, -0.2) is 42.9 Å². The molecule has 1 aliphatic rings. The lowest BCUT2D eigenvalue weighted by Crippen LogP contribution is -2.28. The molecule has 1 saturated heterocycles. The first-order chi connectivity index (χ1) is 14.2. The van der Waals surface area contributed by atoms with E-state index in [1.807, 2.05) is 0 Å². The highest BCUT2D eigenvalue weighted by molar-refractivity contribution is 7.90. The molecule has 0 spiro atoms. The second-order valence-corrected chi connectivity index (χ2v) is 10.3. The van der Waals surface area contributed by atoms with E-state index in [2.05, 4.69) is 10.3 Å². The fourth-order valence-electron chi connectivity index (χ4n) is 3.31. The van der Waals surface area contributed by atoms with Crippen LogP contribution in [0.15, 0.2) is 47.4 Å². The van der Waals surface area contributed by atoms with Crippen molar-refractivity contribution >= 4 is 48.3 Å². The Hall–Kier alpha value is -2.85. The SMILES string of the molecule is CS(=O)(=O)c1ccc2nc(NC(=O)[C@@H]3CC(=O)N(Cc4ccc(F)cc4)C3)sc2c1. The molecular formula is C20H18FN3O4S2. The fraction of sp³-hybridized carbons (Fsp3) is 0.250. The van der Waals surface area contributed by atoms with Crippen LogP contribution in [0.25, 0.3) is 10.2 Å². The highest BCUT2D eigenvalue weighted by Gasteiger charge is 2.34. The number of carbonyl (C=O) groups excluding carboxylic acids is 2. The molecule has 1 atom stereocenters. The Labute approximate surface area is 176 Å². The molecule has 1 fully saturated rings. The van der Waals surface area contributed by atoms with Gasteiger partial charge >= 0.3 is 0 Å². The molecule has 2 heterocycles. The largest absolute Gasteiger partial charge is 0.338 e. The van der Waals surface area contributed by atoms with Crippen LogP contribution < -0.4 is 5.32 Å². The van der Waals surface area contributed by atoms with Gasteiger partial charge in [-0.05, 0) is 35.9 Å². The van der Waals surface area contributed by atoms with Gasteiger partial charge in [0, 0.05) is 25.8 Å². The molecule has 1 N–H and O–H groups in total. The van der Waals surface area contributed by atoms with Crippen molar-refractivity contribution < 1.29 is 22.4 Å². The van der Waals surface area contributed by atoms with E-state index < -0.39 is 15.8 Å². The monoisotopic (exact) mass is 447 g/mol. The third-order valence-electron chi connectivity index (χ3n) is 4.89. The molecule has 2 amide bonds. The Kier molecular flexibility index (Phi) is 5.29. The molecule has 4 rings (SSSR count). The molecule has 7 nitrogen and oxygen atoms in total. The van der Waals surface area contributed by atoms with Crippen molar-refractivity contribution in [3.05, 3.63) is 53.8 Å². The first kappa shape index (κ1) is 20.4. The Morgan fingerprint density at radius 2 is 2.00 bits per heavy atom. The van der Waals surface area contributed by atoms with Gasteiger partial charge in [0.2, 0.25) is 11.8 Å². The van der Waals surface area contributed by atoms with Gasteiger partial charge in [-0.25, -0.2) is 17.8 Å². The van der Waals surface area contributed by atoms with E-state index in [1.165, 1.54) is 35.6 Å². The van der Waals surface area contributed by atoms with E-state index in [1.54, 1.807) is 23.1 Å². The van der Waals surface area contributed by atoms with Crippen molar-refractivity contribution in [1.29, 1.82) is 0 Å². The molecule has 2 aromatic carbocycles. The molecule has 1 aromatic heterocycles. The number of hydrogen-bond acceptors (Lipinski definition) is 6. The normalized spacial score (nSPS) is 16.9. The number of anilines is 1. The van der Waals surface area contributed by atoms with Crippen molar-refractivity contribution in [2.24, 2.45) is 5.92 Å². The van der Waals surface area contributed by atoms with Crippen molar-refractivity contribution in [3.63, 3.8) is 0 Å². The molecule has 0 unspecified atom stereocenters. The Morgan fingerprint density at radius 1 is 1.27 bits per heavy atom. The summed E-state index contributed by atoms with van der Waals surface area (Å²) in [7, 11) is -3.33. The number of fused-ring (bicyclic) bond motifs is 1. The summed E-state index contributed by atoms with van der Waals surface area (Å²) in [5, 5.41) is 3.09. The zero-order valence-corrected chi connectivity index (χ0v) is 17.6. The zero-order valence-electron chi connectivity index (χ0n) is 16.0. The predicted octanol–water partition coefficient (Wildman–Crippen LogP) is 2.83. The average molecular weight is 448 g/mol. The Bertz CT molecular complexity index is 1240. The summed E-state index contributed by atoms with van der Waals surface area (Å²) >= 11 is 1.18. The van der Waals surface area contributed by atoms with Crippen LogP contribution in [0.1, 0.15) is 12.0 Å². The number of benzene rings is 2. The van der Waals surface area contributed by atoms with Gasteiger partial charge in [0.25, 0.3) is 0 Å². The summed E-state index contributed by atoms with van der Waals surface area (Å²) in [5.74, 6) is -1.31. The number of likely N-dealkylation sites (tertiary alicyclic amines) is 1. The van der Waals surface area contributed by atoms with Gasteiger partial charge in [-0.1, -0.05) is 23.5 Å². The van der Waals surface area contributed by atoms with E-state index in [4.69, 9.17) is 0 Å². The van der Waals surface area contributed by atoms with E-state index in [0.29, 0.717) is 21.9 Å². The minimum Gasteiger partial charge on any atom is -0.338 e. The van der Waals surface area contributed by atoms with Crippen LogP contribution in [-0.2, 0) is 26.0 Å². The standard InChI is InChI=1S/C20H18FN3O4S2/c1-30(27,28)15-6-7-16-17(9-15)29-20(22-16)23-19(26)13-8-18(25)24(11-13)10-12-2-4-14(21)5-3-12/h2-7,9,13H,8,10-11H2,1H3,(H,22,23,26)/t13-/m1/s1. The molecular weight excluding hydrogens is 429 g/mol. The van der Waals surface area contributed by atoms with Crippen LogP contribution >= 0.6 is 11.3 Å². The number of hydrogen-bond donors (Lipinski definition) is 1. The molecule has 0 radical (unpaired) electrons. The molecule has 3 aromatic rings. The van der Waals surface area contributed by atoms with Crippen molar-refractivity contribution in [1.82, 2.24) is 9.88 Å². The number of carbonyl (C=O) groups is 2. The summed E-state index contributed by atoms with van der Waals surface area (Å²) < 4.78 is 37.1. The smallest absolute Gasteiger partial charge is 0.231 e. The quantitative estimate of drug-likeness (QED) is 0.649. The summed E-state index contributed by atoms with van der Waals surface area (Å²) in [6.07, 6.45) is 1.23. The zero-order chi connectivity index (χ0) is 21.5. The van der Waals surface area contributed by atoms with Crippen LogP contribution in [0.2, 0.25) is 0 Å². The number of halogens is 1. The van der Waals surface area contributed by atoms with Gasteiger partial charge < -0.3 is 10.2 Å². The van der Waals surface area contributed by atoms with Gasteiger partial charge in [-0.3, -0.25) is 9.59 Å². The summed E-state index contributed by atoms with van der Waals surface area (Å²) in [4.78, 5) is 31.0. The topological polar surface area (TPSA) is 96.4 Å². The highest BCUT2D eigenvalue weighted by Crippen LogP contribution is 2.29. The van der Waals surface area contributed by atoms with Crippen LogP contribution in [0.4, 0.5) is 9.52 Å². The van der Waals surface area contributed by atoms with E-state index in [-0.39, 0.29) is 35.5 Å². The van der Waals surface area contributed by atoms with Gasteiger partial charge in [0.15, 0.2) is 15.0 Å². The van der Waals surface area contributed by atoms with E-state index in [0.717, 1.165) is 11.8 Å². The van der Waals surface area contributed by atoms with Crippen LogP contribution in [0.3, 0.4) is 0 Å². The highest BCUT2D eigenvalue weighted by atomic mass is 32.2. The first-order valence-electron chi connectivity index (χ1n) is 9.13. The lowest BCUT2D eigenvalue weighted by atomic mass is 10.1. The van der Waals surface area contributed by atoms with Gasteiger partial charge in [-0.2, -0.15) is 0 Å². The van der Waals surface area contributed by atoms with Crippen LogP contribution in [0.5, 0.6) is 0 Å². The number of amides is 2. The average Bonchev–Trinajstić information content (AvgIpc) is 3.25. The number of rotatable bonds is 5. The maximum absolute atomic E-state index is 13.0. The Morgan fingerprint density at radius 3 is 2.70 bits per heavy atom. The summed E-state index contributed by atoms with van der Waals surface area (Å²) in [6.45, 7) is 0.587. The molecule has 1 aliphatic heterocycles. The fourth-order valence-corrected chi connectivity index (χ4v) is 4.94. The molecule has 0 bridgehead atoms. The lowest BCUT2D eigenvalue weighted by molar-refractivity contribution is -0.128. The molecule has 0 aliphatic carbocycles. The third kappa shape index (κ3) is 4.34. The van der Waals surface area contributed by atoms with Crippen molar-refractivity contribution in [2.75, 3.05) is 18.1 Å². The molecule has 10 heteroatoms. The number of sulfone groups is 1. The minimum absolute atomic E-state index is 0.0934. The summed E-state index contributed by atoms with van der Waals surface area (Å²) in [5.41, 5.74) is 1.38. The number of nitrogens with zero attached hydrogens (tertiary/aromatic N) is 2. The van der Waals surface area contributed by atoms with Crippen LogP contribution in [0, 0.1) is 11.7 Å². The van der Waals surface area contributed by atoms with Crippen molar-refractivity contribution in [3.8, 4) is 0 Å². The molecule has 156 valence electrons. The van der Waals surface area contributed by atoms with E-state index in [9.17, 15) is 22.4 Å². The maximum atomic E-state index is 13.0. The molecule has 0 saturated carbocycles. The number of aromatic nitrogens is 1. The van der Waals surface area contributed by atoms with E-state index >= 15 is 0 Å². The number of nitrogens with one attached hydrogen (secondary N) is 1.